The number of carbonyl (C=O) groups is 1. The van der Waals surface area contributed by atoms with Crippen LogP contribution in [0.25, 0.3) is 0 Å². The van der Waals surface area contributed by atoms with Gasteiger partial charge in [0.1, 0.15) is 11.4 Å². The third kappa shape index (κ3) is 2.68. The minimum absolute atomic E-state index is 0.238. The van der Waals surface area contributed by atoms with E-state index in [0.29, 0.717) is 0 Å². The van der Waals surface area contributed by atoms with Crippen LogP contribution in [-0.2, 0) is 0 Å². The lowest BCUT2D eigenvalue weighted by Gasteiger charge is -2.40. The van der Waals surface area contributed by atoms with Crippen LogP contribution in [0.2, 0.25) is 0 Å². The third-order valence-electron chi connectivity index (χ3n) is 3.35. The summed E-state index contributed by atoms with van der Waals surface area (Å²) in [6.45, 7) is 0. The number of halogens is 2. The molecule has 1 aromatic carbocycles. The van der Waals surface area contributed by atoms with Crippen molar-refractivity contribution in [2.24, 2.45) is 0 Å². The Balaban J connectivity index is 2.28. The molecule has 0 aliphatic heterocycles. The first-order chi connectivity index (χ1) is 8.97. The molecule has 1 N–H and O–H groups in total. The number of benzene rings is 1. The summed E-state index contributed by atoms with van der Waals surface area (Å²) in [7, 11) is 0. The summed E-state index contributed by atoms with van der Waals surface area (Å²) < 4.78 is 13.2. The topological polar surface area (TPSA) is 72.2 Å². The molecule has 19 heavy (non-hydrogen) atoms. The molecule has 1 aliphatic carbocycles. The minimum atomic E-state index is -0.706. The number of alkyl halides is 1. The fraction of sp³-hybridized carbons (Fsp3) is 0.417. The van der Waals surface area contributed by atoms with E-state index in [1.165, 1.54) is 0 Å². The average molecular weight is 287 g/mol. The van der Waals surface area contributed by atoms with Gasteiger partial charge in [-0.1, -0.05) is 0 Å². The van der Waals surface area contributed by atoms with Gasteiger partial charge in [-0.3, -0.25) is 14.9 Å². The Morgan fingerprint density at radius 3 is 2.68 bits per heavy atom. The third-order valence-corrected chi connectivity index (χ3v) is 3.86. The first-order valence-electron chi connectivity index (χ1n) is 5.80. The van der Waals surface area contributed by atoms with Crippen LogP contribution in [0.1, 0.15) is 29.6 Å². The summed E-state index contributed by atoms with van der Waals surface area (Å²) >= 11 is 5.80. The van der Waals surface area contributed by atoms with E-state index in [1.54, 1.807) is 0 Å². The highest BCUT2D eigenvalue weighted by Gasteiger charge is 2.38. The van der Waals surface area contributed by atoms with Gasteiger partial charge in [-0.25, -0.2) is 4.39 Å². The molecule has 1 amide bonds. The van der Waals surface area contributed by atoms with Crippen molar-refractivity contribution < 1.29 is 14.1 Å². The van der Waals surface area contributed by atoms with Crippen molar-refractivity contribution in [2.75, 3.05) is 5.88 Å². The molecule has 0 radical (unpaired) electrons. The largest absolute Gasteiger partial charge is 0.345 e. The number of amides is 1. The van der Waals surface area contributed by atoms with Gasteiger partial charge in [0.25, 0.3) is 11.6 Å². The van der Waals surface area contributed by atoms with Gasteiger partial charge in [0.15, 0.2) is 0 Å². The van der Waals surface area contributed by atoms with E-state index >= 15 is 0 Å². The van der Waals surface area contributed by atoms with Gasteiger partial charge in [-0.2, -0.15) is 0 Å². The van der Waals surface area contributed by atoms with Crippen molar-refractivity contribution in [3.8, 4) is 0 Å². The number of nitrogens with one attached hydrogen (secondary N) is 1. The van der Waals surface area contributed by atoms with Crippen LogP contribution in [0.3, 0.4) is 0 Å². The summed E-state index contributed by atoms with van der Waals surface area (Å²) in [5, 5.41) is 13.5. The average Bonchev–Trinajstić information content (AvgIpc) is 2.33. The zero-order valence-corrected chi connectivity index (χ0v) is 10.7. The molecule has 2 rings (SSSR count). The van der Waals surface area contributed by atoms with Crippen molar-refractivity contribution >= 4 is 23.2 Å². The fourth-order valence-electron chi connectivity index (χ4n) is 2.05. The molecular formula is C12H12ClFN2O3. The SMILES string of the molecule is O=C(NC1(CCl)CCC1)c1cc(F)ccc1[N+](=O)[O-]. The second kappa shape index (κ2) is 5.13. The normalized spacial score (nSPS) is 16.5. The second-order valence-electron chi connectivity index (χ2n) is 4.64. The van der Waals surface area contributed by atoms with Crippen molar-refractivity contribution in [1.82, 2.24) is 5.32 Å². The molecule has 0 unspecified atom stereocenters. The van der Waals surface area contributed by atoms with E-state index in [-0.39, 0.29) is 11.4 Å². The maximum absolute atomic E-state index is 13.2. The predicted octanol–water partition coefficient (Wildman–Crippen LogP) is 2.63. The van der Waals surface area contributed by atoms with Crippen LogP contribution in [0.4, 0.5) is 10.1 Å². The highest BCUT2D eigenvalue weighted by Crippen LogP contribution is 2.33. The summed E-state index contributed by atoms with van der Waals surface area (Å²) in [4.78, 5) is 22.2. The Morgan fingerprint density at radius 1 is 1.53 bits per heavy atom. The van der Waals surface area contributed by atoms with Gasteiger partial charge in [0, 0.05) is 11.9 Å². The number of hydrogen-bond donors (Lipinski definition) is 1. The monoisotopic (exact) mass is 286 g/mol. The Hall–Kier alpha value is -1.69. The number of carbonyl (C=O) groups excluding carboxylic acids is 1. The Labute approximate surface area is 113 Å². The number of nitro groups is 1. The molecule has 0 heterocycles. The lowest BCUT2D eigenvalue weighted by atomic mass is 9.78. The smallest absolute Gasteiger partial charge is 0.282 e. The van der Waals surface area contributed by atoms with E-state index in [1.807, 2.05) is 0 Å². The zero-order chi connectivity index (χ0) is 14.0. The van der Waals surface area contributed by atoms with Crippen molar-refractivity contribution in [1.29, 1.82) is 0 Å². The van der Waals surface area contributed by atoms with Crippen LogP contribution in [0, 0.1) is 15.9 Å². The summed E-state index contributed by atoms with van der Waals surface area (Å²) in [6, 6.07) is 2.81. The van der Waals surface area contributed by atoms with Crippen LogP contribution in [0.15, 0.2) is 18.2 Å². The fourth-order valence-corrected chi connectivity index (χ4v) is 2.39. The molecule has 7 heteroatoms. The van der Waals surface area contributed by atoms with Crippen molar-refractivity contribution in [2.45, 2.75) is 24.8 Å². The van der Waals surface area contributed by atoms with E-state index < -0.39 is 27.9 Å². The van der Waals surface area contributed by atoms with E-state index in [9.17, 15) is 19.3 Å². The molecule has 5 nitrogen and oxygen atoms in total. The second-order valence-corrected chi connectivity index (χ2v) is 4.91. The molecule has 102 valence electrons. The van der Waals surface area contributed by atoms with Crippen LogP contribution >= 0.6 is 11.6 Å². The van der Waals surface area contributed by atoms with Crippen molar-refractivity contribution in [3.63, 3.8) is 0 Å². The van der Waals surface area contributed by atoms with Gasteiger partial charge in [-0.05, 0) is 31.4 Å². The lowest BCUT2D eigenvalue weighted by Crippen LogP contribution is -2.55. The highest BCUT2D eigenvalue weighted by molar-refractivity contribution is 6.19. The van der Waals surface area contributed by atoms with Crippen molar-refractivity contribution in [3.05, 3.63) is 39.7 Å². The van der Waals surface area contributed by atoms with Crippen LogP contribution < -0.4 is 5.32 Å². The summed E-state index contributed by atoms with van der Waals surface area (Å²) in [5.74, 6) is -1.11. The number of rotatable bonds is 4. The van der Waals surface area contributed by atoms with Gasteiger partial charge in [0.05, 0.1) is 10.5 Å². The van der Waals surface area contributed by atoms with Gasteiger partial charge < -0.3 is 5.32 Å². The molecule has 1 aliphatic rings. The molecule has 1 aromatic rings. The predicted molar refractivity (Wildman–Crippen MR) is 67.8 cm³/mol. The highest BCUT2D eigenvalue weighted by atomic mass is 35.5. The zero-order valence-electron chi connectivity index (χ0n) is 9.99. The molecular weight excluding hydrogens is 275 g/mol. The minimum Gasteiger partial charge on any atom is -0.345 e. The quantitative estimate of drug-likeness (QED) is 0.525. The first-order valence-corrected chi connectivity index (χ1v) is 6.33. The standard InChI is InChI=1S/C12H12ClFN2O3/c13-7-12(4-1-5-12)15-11(17)9-6-8(14)2-3-10(9)16(18)19/h2-3,6H,1,4-5,7H2,(H,15,17). The maximum atomic E-state index is 13.2. The summed E-state index contributed by atoms with van der Waals surface area (Å²) in [5.41, 5.74) is -1.21. The molecule has 0 spiro atoms. The molecule has 1 saturated carbocycles. The maximum Gasteiger partial charge on any atom is 0.282 e. The van der Waals surface area contributed by atoms with Crippen LogP contribution in [0.5, 0.6) is 0 Å². The first kappa shape index (κ1) is 13.7. The number of hydrogen-bond acceptors (Lipinski definition) is 3. The van der Waals surface area contributed by atoms with Gasteiger partial charge in [-0.15, -0.1) is 11.6 Å². The van der Waals surface area contributed by atoms with E-state index in [0.717, 1.165) is 37.5 Å². The Bertz CT molecular complexity index is 526. The summed E-state index contributed by atoms with van der Waals surface area (Å²) in [6.07, 6.45) is 2.40. The molecule has 0 aromatic heterocycles. The molecule has 0 bridgehead atoms. The van der Waals surface area contributed by atoms with Gasteiger partial charge >= 0.3 is 0 Å². The van der Waals surface area contributed by atoms with E-state index in [4.69, 9.17) is 11.6 Å². The Morgan fingerprint density at radius 2 is 2.21 bits per heavy atom. The lowest BCUT2D eigenvalue weighted by molar-refractivity contribution is -0.385. The number of nitrogens with zero attached hydrogens (tertiary/aromatic N) is 1. The number of nitro benzene ring substituents is 1. The molecule has 1 fully saturated rings. The van der Waals surface area contributed by atoms with E-state index in [2.05, 4.69) is 5.32 Å². The van der Waals surface area contributed by atoms with Crippen LogP contribution in [-0.4, -0.2) is 22.2 Å². The molecule has 0 saturated heterocycles. The Kier molecular flexibility index (Phi) is 3.71. The van der Waals surface area contributed by atoms with Gasteiger partial charge in [0.2, 0.25) is 0 Å². The molecule has 0 atom stereocenters.